The molecule has 14 rings (SSSR count). The van der Waals surface area contributed by atoms with E-state index < -0.39 is 5.41 Å². The van der Waals surface area contributed by atoms with E-state index in [-0.39, 0.29) is 0 Å². The van der Waals surface area contributed by atoms with E-state index in [0.717, 1.165) is 102 Å². The van der Waals surface area contributed by atoms with Crippen molar-refractivity contribution in [1.29, 1.82) is 0 Å². The lowest BCUT2D eigenvalue weighted by Gasteiger charge is -2.36. The fraction of sp³-hybridized carbons (Fsp3) is 0.0811. The van der Waals surface area contributed by atoms with Crippen LogP contribution in [0.2, 0.25) is 0 Å². The molecule has 2 aromatic heterocycles. The zero-order valence-corrected chi connectivity index (χ0v) is 44.0. The Morgan fingerprint density at radius 1 is 0.462 bits per heavy atom. The van der Waals surface area contributed by atoms with Crippen molar-refractivity contribution in [2.45, 2.75) is 39.0 Å². The molecule has 0 fully saturated rings. The maximum Gasteiger partial charge on any atom is 0.159 e. The molecule has 0 radical (unpaired) electrons. The van der Waals surface area contributed by atoms with Gasteiger partial charge in [0.15, 0.2) is 11.3 Å². The Hall–Kier alpha value is -9.64. The second-order valence-electron chi connectivity index (χ2n) is 20.6. The molecule has 0 aliphatic heterocycles. The number of fused-ring (bicyclic) bond motifs is 11. The SMILES string of the molecule is C=C/C=C(\c1oc2ccccc2c1C)N(c1ccc(CC)cc1)c1ccc2c3c(ccc2c1)-c1ccc2cc(N(c4ccc(CC)cc4)c4cccc5c4oc4ccccc45)ccc2c1C3(c1ccccc1)c1ccccc1. The fourth-order valence-electron chi connectivity index (χ4n) is 12.7. The topological polar surface area (TPSA) is 32.8 Å². The fourth-order valence-corrected chi connectivity index (χ4v) is 12.7. The molecule has 1 aliphatic carbocycles. The Morgan fingerprint density at radius 3 is 1.56 bits per heavy atom. The van der Waals surface area contributed by atoms with Crippen LogP contribution in [0, 0.1) is 6.92 Å². The Balaban J connectivity index is 0.992. The molecule has 13 aromatic rings. The molecule has 78 heavy (non-hydrogen) atoms. The van der Waals surface area contributed by atoms with Crippen molar-refractivity contribution in [3.8, 4) is 11.1 Å². The van der Waals surface area contributed by atoms with Crippen LogP contribution in [-0.4, -0.2) is 0 Å². The van der Waals surface area contributed by atoms with Gasteiger partial charge in [0, 0.05) is 44.5 Å². The molecular weight excluding hydrogens is 949 g/mol. The maximum atomic E-state index is 6.76. The van der Waals surface area contributed by atoms with E-state index in [1.54, 1.807) is 0 Å². The van der Waals surface area contributed by atoms with E-state index in [1.807, 2.05) is 24.3 Å². The van der Waals surface area contributed by atoms with Crippen LogP contribution in [0.5, 0.6) is 0 Å². The number of rotatable bonds is 12. The highest BCUT2D eigenvalue weighted by Crippen LogP contribution is 2.60. The van der Waals surface area contributed by atoms with E-state index >= 15 is 0 Å². The van der Waals surface area contributed by atoms with Gasteiger partial charge >= 0.3 is 0 Å². The molecule has 4 nitrogen and oxygen atoms in total. The first-order valence-corrected chi connectivity index (χ1v) is 27.2. The van der Waals surface area contributed by atoms with Crippen molar-refractivity contribution >= 4 is 88.6 Å². The lowest BCUT2D eigenvalue weighted by atomic mass is 9.66. The van der Waals surface area contributed by atoms with Crippen molar-refractivity contribution in [2.75, 3.05) is 9.80 Å². The van der Waals surface area contributed by atoms with Crippen LogP contribution in [0.25, 0.3) is 71.3 Å². The lowest BCUT2D eigenvalue weighted by Crippen LogP contribution is -2.29. The molecule has 374 valence electrons. The van der Waals surface area contributed by atoms with Gasteiger partial charge in [-0.1, -0.05) is 196 Å². The number of furan rings is 2. The summed E-state index contributed by atoms with van der Waals surface area (Å²) in [5, 5.41) is 7.99. The number of para-hydroxylation sites is 3. The van der Waals surface area contributed by atoms with Gasteiger partial charge in [0.25, 0.3) is 0 Å². The Bertz CT molecular complexity index is 4450. The molecule has 0 amide bonds. The zero-order valence-electron chi connectivity index (χ0n) is 44.0. The first-order valence-electron chi connectivity index (χ1n) is 27.2. The first-order chi connectivity index (χ1) is 38.5. The van der Waals surface area contributed by atoms with Crippen LogP contribution < -0.4 is 9.80 Å². The Labute approximate surface area is 455 Å². The molecule has 0 bridgehead atoms. The van der Waals surface area contributed by atoms with Crippen molar-refractivity contribution < 1.29 is 8.83 Å². The van der Waals surface area contributed by atoms with Gasteiger partial charge in [-0.05, 0) is 159 Å². The summed E-state index contributed by atoms with van der Waals surface area (Å²) in [6, 6.07) is 86.8. The minimum absolute atomic E-state index is 0.695. The molecule has 1 aliphatic rings. The van der Waals surface area contributed by atoms with Gasteiger partial charge in [-0.3, -0.25) is 0 Å². The maximum absolute atomic E-state index is 6.76. The summed E-state index contributed by atoms with van der Waals surface area (Å²) in [7, 11) is 0. The average Bonchev–Trinajstić information content (AvgIpc) is 4.01. The summed E-state index contributed by atoms with van der Waals surface area (Å²) in [6.07, 6.45) is 5.86. The van der Waals surface area contributed by atoms with Gasteiger partial charge in [0.2, 0.25) is 0 Å². The highest BCUT2D eigenvalue weighted by Gasteiger charge is 2.48. The van der Waals surface area contributed by atoms with E-state index in [9.17, 15) is 0 Å². The van der Waals surface area contributed by atoms with Crippen LogP contribution >= 0.6 is 0 Å². The predicted molar refractivity (Wildman–Crippen MR) is 327 cm³/mol. The van der Waals surface area contributed by atoms with Gasteiger partial charge in [0.1, 0.15) is 11.2 Å². The zero-order chi connectivity index (χ0) is 52.5. The Kier molecular flexibility index (Phi) is 11.3. The molecule has 0 atom stereocenters. The monoisotopic (exact) mass is 1000 g/mol. The van der Waals surface area contributed by atoms with Crippen LogP contribution in [0.1, 0.15) is 58.6 Å². The molecule has 0 unspecified atom stereocenters. The van der Waals surface area contributed by atoms with E-state index in [0.29, 0.717) is 0 Å². The molecule has 4 heteroatoms. The molecular formula is C74H56N2O2. The molecule has 0 spiro atoms. The third kappa shape index (κ3) is 7.28. The number of allylic oxidation sites excluding steroid dienone is 2. The standard InChI is InChI=1S/C74H56N2O2/c1-5-19-66(72-48(4)59-24-14-16-28-68(59)77-72)75(55-36-30-49(6-2)31-37-55)57-40-44-60-51(46-57)34-42-63-64-43-35-52-47-58(41-45-61(52)71(64)74(70(60)63,53-20-10-8-11-21-53)54-22-12-9-13-23-54)76(56-38-32-50(7-3)33-39-56)67-27-18-26-65-62-25-15-17-29-69(62)78-73(65)67/h5,8-47H,1,6-7H2,2-4H3/b66-19+. The molecule has 0 N–H and O–H groups in total. The lowest BCUT2D eigenvalue weighted by molar-refractivity contribution is 0.595. The largest absolute Gasteiger partial charge is 0.454 e. The minimum atomic E-state index is -0.695. The highest BCUT2D eigenvalue weighted by molar-refractivity contribution is 6.12. The molecule has 2 heterocycles. The van der Waals surface area contributed by atoms with E-state index in [4.69, 9.17) is 8.83 Å². The predicted octanol–water partition coefficient (Wildman–Crippen LogP) is 20.3. The highest BCUT2D eigenvalue weighted by atomic mass is 16.3. The van der Waals surface area contributed by atoms with Gasteiger partial charge in [-0.2, -0.15) is 0 Å². The van der Waals surface area contributed by atoms with Gasteiger partial charge < -0.3 is 18.6 Å². The van der Waals surface area contributed by atoms with Crippen LogP contribution in [0.3, 0.4) is 0 Å². The Morgan fingerprint density at radius 2 is 0.974 bits per heavy atom. The normalized spacial score (nSPS) is 12.9. The van der Waals surface area contributed by atoms with Crippen molar-refractivity contribution in [3.05, 3.63) is 300 Å². The smallest absolute Gasteiger partial charge is 0.159 e. The molecule has 11 aromatic carbocycles. The number of nitrogens with zero attached hydrogens (tertiary/aromatic N) is 2. The van der Waals surface area contributed by atoms with Gasteiger partial charge in [-0.15, -0.1) is 0 Å². The van der Waals surface area contributed by atoms with Gasteiger partial charge in [0.05, 0.1) is 16.8 Å². The van der Waals surface area contributed by atoms with Gasteiger partial charge in [-0.25, -0.2) is 0 Å². The number of hydrogen-bond donors (Lipinski definition) is 0. The molecule has 0 saturated heterocycles. The number of benzene rings is 11. The van der Waals surface area contributed by atoms with Crippen LogP contribution in [0.4, 0.5) is 28.4 Å². The average molecular weight is 1010 g/mol. The summed E-state index contributed by atoms with van der Waals surface area (Å²) in [4.78, 5) is 4.70. The van der Waals surface area contributed by atoms with Crippen LogP contribution in [0.15, 0.2) is 264 Å². The second-order valence-corrected chi connectivity index (χ2v) is 20.6. The third-order valence-corrected chi connectivity index (χ3v) is 16.4. The summed E-state index contributed by atoms with van der Waals surface area (Å²) >= 11 is 0. The van der Waals surface area contributed by atoms with Crippen LogP contribution in [-0.2, 0) is 18.3 Å². The van der Waals surface area contributed by atoms with E-state index in [1.165, 1.54) is 55.3 Å². The molecule has 0 saturated carbocycles. The minimum Gasteiger partial charge on any atom is -0.454 e. The summed E-state index contributed by atoms with van der Waals surface area (Å²) in [6.45, 7) is 10.8. The number of anilines is 5. The van der Waals surface area contributed by atoms with Crippen molar-refractivity contribution in [2.24, 2.45) is 0 Å². The quantitative estimate of drug-likeness (QED) is 0.114. The third-order valence-electron chi connectivity index (χ3n) is 16.4. The summed E-state index contributed by atoms with van der Waals surface area (Å²) in [5.74, 6) is 0.812. The summed E-state index contributed by atoms with van der Waals surface area (Å²) in [5.41, 5.74) is 19.1. The van der Waals surface area contributed by atoms with Crippen molar-refractivity contribution in [1.82, 2.24) is 0 Å². The second kappa shape index (κ2) is 18.9. The number of hydrogen-bond acceptors (Lipinski definition) is 4. The van der Waals surface area contributed by atoms with E-state index in [2.05, 4.69) is 262 Å². The number of aryl methyl sites for hydroxylation is 3. The van der Waals surface area contributed by atoms with Crippen molar-refractivity contribution in [3.63, 3.8) is 0 Å². The first kappa shape index (κ1) is 46.9. The summed E-state index contributed by atoms with van der Waals surface area (Å²) < 4.78 is 13.5.